The lowest BCUT2D eigenvalue weighted by molar-refractivity contribution is -0.124. The Morgan fingerprint density at radius 3 is 2.62 bits per heavy atom. The molecule has 1 aromatic rings. The summed E-state index contributed by atoms with van der Waals surface area (Å²) in [5.41, 5.74) is 1.15. The van der Waals surface area contributed by atoms with Gasteiger partial charge in [-0.25, -0.2) is 4.98 Å². The minimum atomic E-state index is -0.00506. The second kappa shape index (κ2) is 8.45. The van der Waals surface area contributed by atoms with Gasteiger partial charge in [-0.1, -0.05) is 26.7 Å². The molecule has 4 rings (SSSR count). The van der Waals surface area contributed by atoms with E-state index in [1.807, 2.05) is 17.0 Å². The Kier molecular flexibility index (Phi) is 5.93. The number of amides is 1. The number of hydrogen-bond donors (Lipinski definition) is 0. The minimum Gasteiger partial charge on any atom is -0.356 e. The largest absolute Gasteiger partial charge is 0.356 e. The lowest BCUT2D eigenvalue weighted by Crippen LogP contribution is -2.42. The number of piperidine rings is 1. The van der Waals surface area contributed by atoms with Crippen molar-refractivity contribution in [1.82, 2.24) is 9.88 Å². The lowest BCUT2D eigenvalue weighted by Gasteiger charge is -2.32. The van der Waals surface area contributed by atoms with Crippen LogP contribution in [0.15, 0.2) is 18.3 Å². The van der Waals surface area contributed by atoms with Crippen LogP contribution in [-0.2, 0) is 4.79 Å². The SMILES string of the molecule is CC(C)CC(=O)[C@@H]1CCCN(C(=O)c2ccc(N3CCC4(CCCC4)C3)nc2)C1. The van der Waals surface area contributed by atoms with Crippen LogP contribution in [0.5, 0.6) is 0 Å². The normalized spacial score (nSPS) is 23.9. The van der Waals surface area contributed by atoms with E-state index < -0.39 is 0 Å². The minimum absolute atomic E-state index is 0.00506. The molecule has 1 aliphatic carbocycles. The number of pyridine rings is 1. The number of rotatable bonds is 5. The van der Waals surface area contributed by atoms with E-state index in [0.717, 1.165) is 38.3 Å². The third-order valence-electron chi connectivity index (χ3n) is 7.19. The summed E-state index contributed by atoms with van der Waals surface area (Å²) < 4.78 is 0. The van der Waals surface area contributed by atoms with Gasteiger partial charge in [0.05, 0.1) is 5.56 Å². The first kappa shape index (κ1) is 20.4. The molecule has 1 amide bonds. The summed E-state index contributed by atoms with van der Waals surface area (Å²) >= 11 is 0. The van der Waals surface area contributed by atoms with Crippen LogP contribution in [0.3, 0.4) is 0 Å². The fourth-order valence-electron chi connectivity index (χ4n) is 5.54. The number of Topliss-reactive ketones (excluding diaryl/α,β-unsaturated/α-hetero) is 1. The number of anilines is 1. The molecule has 1 saturated carbocycles. The first-order valence-electron chi connectivity index (χ1n) is 11.5. The summed E-state index contributed by atoms with van der Waals surface area (Å²) in [5.74, 6) is 1.68. The van der Waals surface area contributed by atoms with E-state index in [1.54, 1.807) is 6.20 Å². The molecule has 5 nitrogen and oxygen atoms in total. The predicted molar refractivity (Wildman–Crippen MR) is 115 cm³/mol. The van der Waals surface area contributed by atoms with Crippen molar-refractivity contribution < 1.29 is 9.59 Å². The van der Waals surface area contributed by atoms with Gasteiger partial charge in [-0.3, -0.25) is 9.59 Å². The zero-order valence-corrected chi connectivity index (χ0v) is 18.0. The fourth-order valence-corrected chi connectivity index (χ4v) is 5.54. The van der Waals surface area contributed by atoms with E-state index in [4.69, 9.17) is 0 Å². The van der Waals surface area contributed by atoms with E-state index in [-0.39, 0.29) is 11.8 Å². The molecule has 0 bridgehead atoms. The summed E-state index contributed by atoms with van der Waals surface area (Å²) in [5, 5.41) is 0. The monoisotopic (exact) mass is 397 g/mol. The molecule has 5 heteroatoms. The zero-order chi connectivity index (χ0) is 20.4. The number of likely N-dealkylation sites (tertiary alicyclic amines) is 1. The Morgan fingerprint density at radius 2 is 1.93 bits per heavy atom. The summed E-state index contributed by atoms with van der Waals surface area (Å²) in [4.78, 5) is 34.3. The van der Waals surface area contributed by atoms with Crippen LogP contribution in [0, 0.1) is 17.3 Å². The van der Waals surface area contributed by atoms with Gasteiger partial charge in [0.1, 0.15) is 11.6 Å². The van der Waals surface area contributed by atoms with Gasteiger partial charge in [0.15, 0.2) is 0 Å². The summed E-state index contributed by atoms with van der Waals surface area (Å²) in [7, 11) is 0. The maximum atomic E-state index is 13.0. The quantitative estimate of drug-likeness (QED) is 0.742. The van der Waals surface area contributed by atoms with E-state index in [9.17, 15) is 9.59 Å². The molecule has 158 valence electrons. The van der Waals surface area contributed by atoms with E-state index >= 15 is 0 Å². The Morgan fingerprint density at radius 1 is 1.14 bits per heavy atom. The average molecular weight is 398 g/mol. The van der Waals surface area contributed by atoms with Crippen LogP contribution < -0.4 is 4.90 Å². The van der Waals surface area contributed by atoms with Crippen LogP contribution >= 0.6 is 0 Å². The summed E-state index contributed by atoms with van der Waals surface area (Å²) in [6.45, 7) is 7.63. The molecule has 3 aliphatic rings. The van der Waals surface area contributed by atoms with E-state index in [2.05, 4.69) is 23.7 Å². The fraction of sp³-hybridized carbons (Fsp3) is 0.708. The van der Waals surface area contributed by atoms with Gasteiger partial charge < -0.3 is 9.80 Å². The summed E-state index contributed by atoms with van der Waals surface area (Å²) in [6, 6.07) is 3.93. The predicted octanol–water partition coefficient (Wildman–Crippen LogP) is 4.32. The maximum absolute atomic E-state index is 13.0. The second-order valence-electron chi connectivity index (χ2n) is 9.94. The maximum Gasteiger partial charge on any atom is 0.255 e. The van der Waals surface area contributed by atoms with Crippen molar-refractivity contribution in [3.05, 3.63) is 23.9 Å². The molecular weight excluding hydrogens is 362 g/mol. The van der Waals surface area contributed by atoms with Gasteiger partial charge in [-0.05, 0) is 55.6 Å². The highest BCUT2D eigenvalue weighted by molar-refractivity contribution is 5.94. The molecule has 2 aliphatic heterocycles. The van der Waals surface area contributed by atoms with Crippen molar-refractivity contribution in [3.63, 3.8) is 0 Å². The van der Waals surface area contributed by atoms with Crippen LogP contribution in [0.25, 0.3) is 0 Å². The Balaban J connectivity index is 1.37. The molecule has 1 spiro atoms. The molecule has 3 fully saturated rings. The molecule has 2 saturated heterocycles. The Labute approximate surface area is 174 Å². The Bertz CT molecular complexity index is 737. The number of ketones is 1. The zero-order valence-electron chi connectivity index (χ0n) is 18.0. The van der Waals surface area contributed by atoms with Gasteiger partial charge >= 0.3 is 0 Å². The highest BCUT2D eigenvalue weighted by atomic mass is 16.2. The van der Waals surface area contributed by atoms with Gasteiger partial charge in [-0.2, -0.15) is 0 Å². The average Bonchev–Trinajstić information content (AvgIpc) is 3.37. The molecular formula is C24H35N3O2. The highest BCUT2D eigenvalue weighted by Gasteiger charge is 2.40. The number of carbonyl (C=O) groups is 2. The number of carbonyl (C=O) groups excluding carboxylic acids is 2. The van der Waals surface area contributed by atoms with Gasteiger partial charge in [-0.15, -0.1) is 0 Å². The second-order valence-corrected chi connectivity index (χ2v) is 9.94. The van der Waals surface area contributed by atoms with Crippen LogP contribution in [0.4, 0.5) is 5.82 Å². The van der Waals surface area contributed by atoms with Crippen LogP contribution in [0.2, 0.25) is 0 Å². The number of nitrogens with zero attached hydrogens (tertiary/aromatic N) is 3. The molecule has 29 heavy (non-hydrogen) atoms. The third-order valence-corrected chi connectivity index (χ3v) is 7.19. The molecule has 3 heterocycles. The highest BCUT2D eigenvalue weighted by Crippen LogP contribution is 2.46. The first-order valence-corrected chi connectivity index (χ1v) is 11.5. The van der Waals surface area contributed by atoms with Crippen molar-refractivity contribution in [2.75, 3.05) is 31.1 Å². The van der Waals surface area contributed by atoms with Crippen LogP contribution in [0.1, 0.15) is 75.6 Å². The van der Waals surface area contributed by atoms with Crippen molar-refractivity contribution in [3.8, 4) is 0 Å². The van der Waals surface area contributed by atoms with Gasteiger partial charge in [0, 0.05) is 44.7 Å². The molecule has 0 N–H and O–H groups in total. The third kappa shape index (κ3) is 4.49. The molecule has 0 unspecified atom stereocenters. The van der Waals surface area contributed by atoms with E-state index in [0.29, 0.717) is 35.6 Å². The van der Waals surface area contributed by atoms with Crippen molar-refractivity contribution >= 4 is 17.5 Å². The topological polar surface area (TPSA) is 53.5 Å². The van der Waals surface area contributed by atoms with Gasteiger partial charge in [0.2, 0.25) is 0 Å². The molecule has 1 aromatic heterocycles. The molecule has 1 atom stereocenters. The molecule has 0 aromatic carbocycles. The number of hydrogen-bond acceptors (Lipinski definition) is 4. The first-order chi connectivity index (χ1) is 14.0. The summed E-state index contributed by atoms with van der Waals surface area (Å²) in [6.07, 6.45) is 10.9. The van der Waals surface area contributed by atoms with E-state index in [1.165, 1.54) is 32.1 Å². The van der Waals surface area contributed by atoms with Crippen molar-refractivity contribution in [1.29, 1.82) is 0 Å². The van der Waals surface area contributed by atoms with Crippen molar-refractivity contribution in [2.45, 2.75) is 65.2 Å². The lowest BCUT2D eigenvalue weighted by atomic mass is 9.86. The smallest absolute Gasteiger partial charge is 0.255 e. The standard InChI is InChI=1S/C24H35N3O2/c1-18(2)14-21(28)20-6-5-12-26(16-20)23(29)19-7-8-22(25-15-19)27-13-11-24(17-27)9-3-4-10-24/h7-8,15,18,20H,3-6,9-14,16-17H2,1-2H3/t20-/m1/s1. The van der Waals surface area contributed by atoms with Crippen LogP contribution in [-0.4, -0.2) is 47.8 Å². The van der Waals surface area contributed by atoms with Gasteiger partial charge in [0.25, 0.3) is 5.91 Å². The Hall–Kier alpha value is -1.91. The molecule has 0 radical (unpaired) electrons. The van der Waals surface area contributed by atoms with Crippen molar-refractivity contribution in [2.24, 2.45) is 17.3 Å². The number of aromatic nitrogens is 1.